The van der Waals surface area contributed by atoms with E-state index >= 15 is 0 Å². The van der Waals surface area contributed by atoms with E-state index in [-0.39, 0.29) is 11.8 Å². The molecule has 3 fully saturated rings. The van der Waals surface area contributed by atoms with Crippen molar-refractivity contribution in [3.05, 3.63) is 0 Å². The van der Waals surface area contributed by atoms with E-state index in [1.165, 1.54) is 25.7 Å². The van der Waals surface area contributed by atoms with E-state index in [0.29, 0.717) is 18.4 Å². The summed E-state index contributed by atoms with van der Waals surface area (Å²) in [6, 6.07) is 0.403. The molecule has 1 amide bonds. The van der Waals surface area contributed by atoms with E-state index in [0.717, 1.165) is 32.2 Å². The number of carbonyl (C=O) groups is 2. The molecule has 1 heterocycles. The van der Waals surface area contributed by atoms with Crippen LogP contribution >= 0.6 is 0 Å². The SMILES string of the molecule is O=C(O)[C@H]1CCC[C@H]1C(=O)N1CCC[C@H]2CCCC[C@H]21. The standard InChI is InChI=1S/C16H25NO3/c18-15(12-7-3-8-13(12)16(19)20)17-10-4-6-11-5-1-2-9-14(11)17/h11-14H,1-10H2,(H,19,20)/t11-,12-,13+,14-/m1/s1. The van der Waals surface area contributed by atoms with Gasteiger partial charge >= 0.3 is 5.97 Å². The van der Waals surface area contributed by atoms with Gasteiger partial charge in [-0.1, -0.05) is 19.3 Å². The van der Waals surface area contributed by atoms with Gasteiger partial charge in [0, 0.05) is 12.6 Å². The summed E-state index contributed by atoms with van der Waals surface area (Å²) in [4.78, 5) is 26.2. The molecule has 4 nitrogen and oxygen atoms in total. The smallest absolute Gasteiger partial charge is 0.307 e. The van der Waals surface area contributed by atoms with E-state index in [2.05, 4.69) is 4.90 Å². The molecule has 4 atom stereocenters. The Kier molecular flexibility index (Phi) is 3.99. The normalized spacial score (nSPS) is 37.5. The number of aliphatic carboxylic acids is 1. The maximum absolute atomic E-state index is 12.8. The Balaban J connectivity index is 1.73. The zero-order valence-corrected chi connectivity index (χ0v) is 12.1. The van der Waals surface area contributed by atoms with Gasteiger partial charge in [-0.3, -0.25) is 9.59 Å². The molecular weight excluding hydrogens is 254 g/mol. The zero-order valence-electron chi connectivity index (χ0n) is 12.1. The van der Waals surface area contributed by atoms with Gasteiger partial charge in [0.15, 0.2) is 0 Å². The molecule has 3 aliphatic rings. The van der Waals surface area contributed by atoms with E-state index in [9.17, 15) is 14.7 Å². The Morgan fingerprint density at radius 3 is 2.35 bits per heavy atom. The van der Waals surface area contributed by atoms with Gasteiger partial charge in [-0.15, -0.1) is 0 Å². The lowest BCUT2D eigenvalue weighted by atomic mass is 9.77. The van der Waals surface area contributed by atoms with E-state index in [4.69, 9.17) is 0 Å². The number of hydrogen-bond acceptors (Lipinski definition) is 2. The summed E-state index contributed by atoms with van der Waals surface area (Å²) in [7, 11) is 0. The van der Waals surface area contributed by atoms with Gasteiger partial charge in [0.2, 0.25) is 5.91 Å². The monoisotopic (exact) mass is 279 g/mol. The highest BCUT2D eigenvalue weighted by Gasteiger charge is 2.43. The highest BCUT2D eigenvalue weighted by Crippen LogP contribution is 2.39. The summed E-state index contributed by atoms with van der Waals surface area (Å²) in [5.74, 6) is -0.657. The number of amides is 1. The van der Waals surface area contributed by atoms with Crippen molar-refractivity contribution in [1.82, 2.24) is 4.90 Å². The van der Waals surface area contributed by atoms with Crippen molar-refractivity contribution in [2.24, 2.45) is 17.8 Å². The van der Waals surface area contributed by atoms with Crippen LogP contribution in [0.5, 0.6) is 0 Å². The molecule has 2 aliphatic carbocycles. The average molecular weight is 279 g/mol. The number of piperidine rings is 1. The quantitative estimate of drug-likeness (QED) is 0.845. The molecule has 4 heteroatoms. The minimum absolute atomic E-state index is 0.145. The van der Waals surface area contributed by atoms with Gasteiger partial charge in [-0.25, -0.2) is 0 Å². The van der Waals surface area contributed by atoms with Crippen LogP contribution in [0.1, 0.15) is 57.8 Å². The van der Waals surface area contributed by atoms with Crippen molar-refractivity contribution < 1.29 is 14.7 Å². The first-order chi connectivity index (χ1) is 9.68. The molecular formula is C16H25NO3. The number of fused-ring (bicyclic) bond motifs is 1. The molecule has 1 N–H and O–H groups in total. The molecule has 0 aromatic carbocycles. The first-order valence-electron chi connectivity index (χ1n) is 8.22. The molecule has 2 saturated carbocycles. The number of carbonyl (C=O) groups excluding carboxylic acids is 1. The molecule has 0 radical (unpaired) electrons. The van der Waals surface area contributed by atoms with Gasteiger partial charge in [-0.2, -0.15) is 0 Å². The fourth-order valence-corrected chi connectivity index (χ4v) is 4.66. The Morgan fingerprint density at radius 2 is 1.55 bits per heavy atom. The second kappa shape index (κ2) is 5.74. The maximum Gasteiger partial charge on any atom is 0.307 e. The molecule has 0 aromatic heterocycles. The predicted molar refractivity (Wildman–Crippen MR) is 75.2 cm³/mol. The van der Waals surface area contributed by atoms with Crippen molar-refractivity contribution in [3.63, 3.8) is 0 Å². The molecule has 0 aromatic rings. The van der Waals surface area contributed by atoms with Crippen LogP contribution in [0.15, 0.2) is 0 Å². The Labute approximate surface area is 120 Å². The van der Waals surface area contributed by atoms with Gasteiger partial charge in [0.1, 0.15) is 0 Å². The highest BCUT2D eigenvalue weighted by molar-refractivity contribution is 5.85. The number of rotatable bonds is 2. The number of hydrogen-bond donors (Lipinski definition) is 1. The lowest BCUT2D eigenvalue weighted by molar-refractivity contribution is -0.152. The summed E-state index contributed by atoms with van der Waals surface area (Å²) in [5.41, 5.74) is 0. The topological polar surface area (TPSA) is 57.6 Å². The summed E-state index contributed by atoms with van der Waals surface area (Å²) < 4.78 is 0. The summed E-state index contributed by atoms with van der Waals surface area (Å²) in [5, 5.41) is 9.29. The lowest BCUT2D eigenvalue weighted by Crippen LogP contribution is -2.52. The third-order valence-corrected chi connectivity index (χ3v) is 5.68. The first kappa shape index (κ1) is 13.9. The number of carboxylic acids is 1. The lowest BCUT2D eigenvalue weighted by Gasteiger charge is -2.45. The maximum atomic E-state index is 12.8. The molecule has 1 aliphatic heterocycles. The molecule has 0 spiro atoms. The summed E-state index contributed by atoms with van der Waals surface area (Å²) in [6.45, 7) is 0.850. The van der Waals surface area contributed by atoms with Gasteiger partial charge in [0.25, 0.3) is 0 Å². The summed E-state index contributed by atoms with van der Waals surface area (Å²) in [6.07, 6.45) is 9.57. The van der Waals surface area contributed by atoms with Gasteiger partial charge in [-0.05, 0) is 44.4 Å². The third kappa shape index (κ3) is 2.45. The molecule has 0 unspecified atom stereocenters. The Bertz CT molecular complexity index is 393. The molecule has 112 valence electrons. The molecule has 0 bridgehead atoms. The fourth-order valence-electron chi connectivity index (χ4n) is 4.66. The minimum atomic E-state index is -0.780. The van der Waals surface area contributed by atoms with Gasteiger partial charge in [0.05, 0.1) is 11.8 Å². The largest absolute Gasteiger partial charge is 0.481 e. The van der Waals surface area contributed by atoms with Crippen LogP contribution in [0.25, 0.3) is 0 Å². The van der Waals surface area contributed by atoms with Crippen molar-refractivity contribution in [2.75, 3.05) is 6.54 Å². The Morgan fingerprint density at radius 1 is 0.850 bits per heavy atom. The second-order valence-corrected chi connectivity index (χ2v) is 6.77. The van der Waals surface area contributed by atoms with Crippen molar-refractivity contribution >= 4 is 11.9 Å². The van der Waals surface area contributed by atoms with Crippen LogP contribution in [-0.2, 0) is 9.59 Å². The van der Waals surface area contributed by atoms with E-state index in [1.54, 1.807) is 0 Å². The second-order valence-electron chi connectivity index (χ2n) is 6.77. The van der Waals surface area contributed by atoms with Crippen LogP contribution in [0.4, 0.5) is 0 Å². The highest BCUT2D eigenvalue weighted by atomic mass is 16.4. The summed E-state index contributed by atoms with van der Waals surface area (Å²) >= 11 is 0. The zero-order chi connectivity index (χ0) is 14.1. The number of likely N-dealkylation sites (tertiary alicyclic amines) is 1. The minimum Gasteiger partial charge on any atom is -0.481 e. The van der Waals surface area contributed by atoms with Crippen molar-refractivity contribution in [1.29, 1.82) is 0 Å². The number of nitrogens with zero attached hydrogens (tertiary/aromatic N) is 1. The van der Waals surface area contributed by atoms with E-state index in [1.807, 2.05) is 0 Å². The van der Waals surface area contributed by atoms with E-state index < -0.39 is 11.9 Å². The molecule has 20 heavy (non-hydrogen) atoms. The van der Waals surface area contributed by atoms with Crippen LogP contribution in [0, 0.1) is 17.8 Å². The molecule has 3 rings (SSSR count). The number of carboxylic acid groups (broad SMARTS) is 1. The van der Waals surface area contributed by atoms with Crippen molar-refractivity contribution in [3.8, 4) is 0 Å². The van der Waals surface area contributed by atoms with Gasteiger partial charge < -0.3 is 10.0 Å². The third-order valence-electron chi connectivity index (χ3n) is 5.68. The fraction of sp³-hybridized carbons (Fsp3) is 0.875. The Hall–Kier alpha value is -1.06. The predicted octanol–water partition coefficient (Wildman–Crippen LogP) is 2.67. The van der Waals surface area contributed by atoms with Crippen molar-refractivity contribution in [2.45, 2.75) is 63.8 Å². The average Bonchev–Trinajstić information content (AvgIpc) is 2.95. The van der Waals surface area contributed by atoms with Crippen LogP contribution in [-0.4, -0.2) is 34.5 Å². The van der Waals surface area contributed by atoms with Crippen LogP contribution in [0.2, 0.25) is 0 Å². The first-order valence-corrected chi connectivity index (χ1v) is 8.22. The molecule has 1 saturated heterocycles. The van der Waals surface area contributed by atoms with Crippen LogP contribution < -0.4 is 0 Å². The van der Waals surface area contributed by atoms with Crippen LogP contribution in [0.3, 0.4) is 0 Å².